The quantitative estimate of drug-likeness (QED) is 0.596. The summed E-state index contributed by atoms with van der Waals surface area (Å²) in [5.41, 5.74) is 0. The number of hydrogen-bond acceptors (Lipinski definition) is 2. The third kappa shape index (κ3) is 3.99. The van der Waals surface area contributed by atoms with Gasteiger partial charge in [-0.25, -0.2) is 0 Å². The molecule has 0 aliphatic rings. The lowest BCUT2D eigenvalue weighted by Crippen LogP contribution is -2.33. The molecule has 0 fully saturated rings. The average molecular weight is 169 g/mol. The van der Waals surface area contributed by atoms with Crippen LogP contribution in [-0.4, -0.2) is 23.7 Å². The highest BCUT2D eigenvalue weighted by Crippen LogP contribution is 1.94. The Bertz CT molecular complexity index is 183. The predicted molar refractivity (Wildman–Crippen MR) is 47.7 cm³/mol. The number of aliphatic carboxylic acids is 1. The van der Waals surface area contributed by atoms with Crippen molar-refractivity contribution in [3.8, 4) is 12.3 Å². The zero-order chi connectivity index (χ0) is 9.56. The number of carboxylic acid groups (broad SMARTS) is 1. The molecule has 12 heavy (non-hydrogen) atoms. The van der Waals surface area contributed by atoms with Crippen molar-refractivity contribution in [2.24, 2.45) is 5.92 Å². The molecule has 3 nitrogen and oxygen atoms in total. The summed E-state index contributed by atoms with van der Waals surface area (Å²) < 4.78 is 0. The van der Waals surface area contributed by atoms with E-state index in [1.807, 2.05) is 6.92 Å². The van der Waals surface area contributed by atoms with Crippen molar-refractivity contribution in [2.75, 3.05) is 6.54 Å². The molecule has 0 saturated carbocycles. The van der Waals surface area contributed by atoms with Crippen molar-refractivity contribution < 1.29 is 9.90 Å². The normalized spacial score (nSPS) is 14.8. The molecule has 0 aromatic rings. The molecule has 0 rings (SSSR count). The molecule has 2 atom stereocenters. The minimum absolute atomic E-state index is 0.00759. The van der Waals surface area contributed by atoms with Crippen molar-refractivity contribution in [1.82, 2.24) is 5.32 Å². The molecule has 0 radical (unpaired) electrons. The molecule has 0 bridgehead atoms. The van der Waals surface area contributed by atoms with Gasteiger partial charge < -0.3 is 10.4 Å². The first-order valence-electron chi connectivity index (χ1n) is 4.04. The zero-order valence-corrected chi connectivity index (χ0v) is 7.50. The average Bonchev–Trinajstić information content (AvgIpc) is 2.05. The van der Waals surface area contributed by atoms with Crippen molar-refractivity contribution >= 4 is 5.97 Å². The van der Waals surface area contributed by atoms with E-state index < -0.39 is 5.97 Å². The van der Waals surface area contributed by atoms with Gasteiger partial charge in [-0.05, 0) is 6.42 Å². The van der Waals surface area contributed by atoms with Crippen LogP contribution >= 0.6 is 0 Å². The lowest BCUT2D eigenvalue weighted by Gasteiger charge is -2.12. The van der Waals surface area contributed by atoms with Crippen LogP contribution < -0.4 is 5.32 Å². The van der Waals surface area contributed by atoms with Crippen LogP contribution in [0.5, 0.6) is 0 Å². The highest BCUT2D eigenvalue weighted by Gasteiger charge is 2.11. The van der Waals surface area contributed by atoms with E-state index in [4.69, 9.17) is 11.5 Å². The number of carbonyl (C=O) groups is 1. The van der Waals surface area contributed by atoms with E-state index in [9.17, 15) is 4.79 Å². The largest absolute Gasteiger partial charge is 0.481 e. The molecule has 0 amide bonds. The van der Waals surface area contributed by atoms with E-state index in [0.29, 0.717) is 6.54 Å². The van der Waals surface area contributed by atoms with Crippen LogP contribution in [0.15, 0.2) is 0 Å². The van der Waals surface area contributed by atoms with Crippen molar-refractivity contribution in [2.45, 2.75) is 26.3 Å². The van der Waals surface area contributed by atoms with Gasteiger partial charge in [0.2, 0.25) is 0 Å². The predicted octanol–water partition coefficient (Wildman–Crippen LogP) is 0.709. The second-order valence-electron chi connectivity index (χ2n) is 2.78. The summed E-state index contributed by atoms with van der Waals surface area (Å²) in [5, 5.41) is 11.5. The van der Waals surface area contributed by atoms with Crippen molar-refractivity contribution in [3.63, 3.8) is 0 Å². The van der Waals surface area contributed by atoms with Gasteiger partial charge in [-0.15, -0.1) is 6.42 Å². The van der Waals surface area contributed by atoms with Gasteiger partial charge in [0.05, 0.1) is 12.0 Å². The molecule has 2 unspecified atom stereocenters. The molecule has 2 N–H and O–H groups in total. The minimum Gasteiger partial charge on any atom is -0.481 e. The fraction of sp³-hybridized carbons (Fsp3) is 0.667. The van der Waals surface area contributed by atoms with Gasteiger partial charge in [-0.1, -0.05) is 19.8 Å². The smallest absolute Gasteiger partial charge is 0.307 e. The maximum atomic E-state index is 10.4. The molecule has 0 aliphatic heterocycles. The first-order chi connectivity index (χ1) is 5.61. The van der Waals surface area contributed by atoms with Gasteiger partial charge in [0.25, 0.3) is 0 Å². The van der Waals surface area contributed by atoms with Gasteiger partial charge in [-0.2, -0.15) is 0 Å². The Morgan fingerprint density at radius 2 is 2.33 bits per heavy atom. The number of hydrogen-bond donors (Lipinski definition) is 2. The maximum absolute atomic E-state index is 10.4. The molecule has 0 aromatic carbocycles. The lowest BCUT2D eigenvalue weighted by atomic mass is 10.1. The van der Waals surface area contributed by atoms with E-state index in [-0.39, 0.29) is 12.0 Å². The summed E-state index contributed by atoms with van der Waals surface area (Å²) in [5.74, 6) is 1.36. The standard InChI is InChI=1S/C9H15NO2/c1-4-8(5-2)10-6-7(3)9(11)12/h1,7-8,10H,5-6H2,2-3H3,(H,11,12). The van der Waals surface area contributed by atoms with Crippen molar-refractivity contribution in [1.29, 1.82) is 0 Å². The summed E-state index contributed by atoms with van der Waals surface area (Å²) in [6.07, 6.45) is 6.01. The summed E-state index contributed by atoms with van der Waals surface area (Å²) in [4.78, 5) is 10.4. The molecule has 0 heterocycles. The van der Waals surface area contributed by atoms with Gasteiger partial charge in [0, 0.05) is 6.54 Å². The van der Waals surface area contributed by atoms with Gasteiger partial charge in [-0.3, -0.25) is 4.79 Å². The summed E-state index contributed by atoms with van der Waals surface area (Å²) in [6, 6.07) is -0.00759. The van der Waals surface area contributed by atoms with Crippen LogP contribution in [0.2, 0.25) is 0 Å². The Morgan fingerprint density at radius 3 is 2.67 bits per heavy atom. The topological polar surface area (TPSA) is 49.3 Å². The monoisotopic (exact) mass is 169 g/mol. The zero-order valence-electron chi connectivity index (χ0n) is 7.50. The van der Waals surface area contributed by atoms with E-state index >= 15 is 0 Å². The second kappa shape index (κ2) is 5.62. The highest BCUT2D eigenvalue weighted by atomic mass is 16.4. The number of terminal acetylenes is 1. The summed E-state index contributed by atoms with van der Waals surface area (Å²) in [7, 11) is 0. The van der Waals surface area contributed by atoms with Crippen LogP contribution in [-0.2, 0) is 4.79 Å². The number of nitrogens with one attached hydrogen (secondary N) is 1. The first kappa shape index (κ1) is 11.0. The maximum Gasteiger partial charge on any atom is 0.307 e. The highest BCUT2D eigenvalue weighted by molar-refractivity contribution is 5.69. The van der Waals surface area contributed by atoms with E-state index in [1.165, 1.54) is 0 Å². The first-order valence-corrected chi connectivity index (χ1v) is 4.04. The van der Waals surface area contributed by atoms with Crippen LogP contribution in [0.3, 0.4) is 0 Å². The Hall–Kier alpha value is -1.01. The van der Waals surface area contributed by atoms with E-state index in [2.05, 4.69) is 11.2 Å². The Morgan fingerprint density at radius 1 is 1.75 bits per heavy atom. The molecule has 3 heteroatoms. The third-order valence-corrected chi connectivity index (χ3v) is 1.70. The Balaban J connectivity index is 3.68. The Kier molecular flexibility index (Phi) is 5.14. The molecular formula is C9H15NO2. The van der Waals surface area contributed by atoms with Gasteiger partial charge in [0.15, 0.2) is 0 Å². The molecule has 0 aliphatic carbocycles. The van der Waals surface area contributed by atoms with Gasteiger partial charge >= 0.3 is 5.97 Å². The summed E-state index contributed by atoms with van der Waals surface area (Å²) in [6.45, 7) is 4.04. The number of rotatable bonds is 5. The fourth-order valence-corrected chi connectivity index (χ4v) is 0.727. The molecule has 68 valence electrons. The molecular weight excluding hydrogens is 154 g/mol. The van der Waals surface area contributed by atoms with E-state index in [0.717, 1.165) is 6.42 Å². The van der Waals surface area contributed by atoms with E-state index in [1.54, 1.807) is 6.92 Å². The Labute approximate surface area is 73.2 Å². The third-order valence-electron chi connectivity index (χ3n) is 1.70. The molecule has 0 saturated heterocycles. The minimum atomic E-state index is -0.797. The second-order valence-corrected chi connectivity index (χ2v) is 2.78. The van der Waals surface area contributed by atoms with Crippen LogP contribution in [0.1, 0.15) is 20.3 Å². The lowest BCUT2D eigenvalue weighted by molar-refractivity contribution is -0.140. The van der Waals surface area contributed by atoms with Crippen molar-refractivity contribution in [3.05, 3.63) is 0 Å². The fourth-order valence-electron chi connectivity index (χ4n) is 0.727. The van der Waals surface area contributed by atoms with Crippen LogP contribution in [0.4, 0.5) is 0 Å². The SMILES string of the molecule is C#CC(CC)NCC(C)C(=O)O. The number of carboxylic acids is 1. The molecule has 0 spiro atoms. The van der Waals surface area contributed by atoms with Crippen LogP contribution in [0.25, 0.3) is 0 Å². The van der Waals surface area contributed by atoms with Gasteiger partial charge in [0.1, 0.15) is 0 Å². The van der Waals surface area contributed by atoms with Crippen LogP contribution in [0, 0.1) is 18.3 Å². The summed E-state index contributed by atoms with van der Waals surface area (Å²) >= 11 is 0. The molecule has 0 aromatic heterocycles.